The normalized spacial score (nSPS) is 16.5. The maximum Gasteiger partial charge on any atom is 0.258 e. The molecule has 1 aromatic heterocycles. The molecule has 1 atom stereocenters. The van der Waals surface area contributed by atoms with Gasteiger partial charge < -0.3 is 15.0 Å². The Kier molecular flexibility index (Phi) is 5.84. The average Bonchev–Trinajstić information content (AvgIpc) is 2.73. The van der Waals surface area contributed by atoms with Crippen LogP contribution in [-0.2, 0) is 4.79 Å². The maximum atomic E-state index is 13.0. The van der Waals surface area contributed by atoms with E-state index in [-0.39, 0.29) is 11.8 Å². The van der Waals surface area contributed by atoms with Crippen LogP contribution in [0.5, 0.6) is 5.88 Å². The Bertz CT molecular complexity index is 1050. The van der Waals surface area contributed by atoms with E-state index in [1.165, 1.54) is 0 Å². The fourth-order valence-electron chi connectivity index (χ4n) is 4.09. The number of nitrogens with one attached hydrogen (secondary N) is 1. The molecule has 3 aromatic rings. The van der Waals surface area contributed by atoms with Crippen LogP contribution in [0.3, 0.4) is 0 Å². The van der Waals surface area contributed by atoms with Crippen molar-refractivity contribution in [2.24, 2.45) is 5.92 Å². The summed E-state index contributed by atoms with van der Waals surface area (Å²) < 4.78 is 5.80. The number of benzene rings is 2. The van der Waals surface area contributed by atoms with Crippen molar-refractivity contribution in [3.63, 3.8) is 0 Å². The fraction of sp³-hybridized carbons (Fsp3) is 0.375. The van der Waals surface area contributed by atoms with Gasteiger partial charge in [-0.2, -0.15) is 0 Å². The summed E-state index contributed by atoms with van der Waals surface area (Å²) in [4.78, 5) is 24.6. The number of fused-ring (bicyclic) bond motifs is 1. The van der Waals surface area contributed by atoms with E-state index in [1.54, 1.807) is 0 Å². The lowest BCUT2D eigenvalue weighted by atomic mass is 9.97. The van der Waals surface area contributed by atoms with Crippen molar-refractivity contribution < 1.29 is 9.53 Å². The van der Waals surface area contributed by atoms with E-state index in [0.717, 1.165) is 53.1 Å². The fourth-order valence-corrected chi connectivity index (χ4v) is 4.09. The largest absolute Gasteiger partial charge is 0.475 e. The molecule has 2 aromatic carbocycles. The third-order valence-electron chi connectivity index (χ3n) is 5.38. The molecule has 0 radical (unpaired) electrons. The first kappa shape index (κ1) is 20.1. The molecule has 0 unspecified atom stereocenters. The monoisotopic (exact) mass is 404 g/mol. The van der Waals surface area contributed by atoms with Crippen molar-refractivity contribution in [2.75, 3.05) is 29.9 Å². The highest BCUT2D eigenvalue weighted by Crippen LogP contribution is 2.31. The third-order valence-corrected chi connectivity index (χ3v) is 5.38. The second-order valence-electron chi connectivity index (χ2n) is 7.92. The van der Waals surface area contributed by atoms with Crippen LogP contribution in [0, 0.1) is 19.8 Å². The molecule has 0 bridgehead atoms. The van der Waals surface area contributed by atoms with Gasteiger partial charge in [-0.15, -0.1) is 0 Å². The SMILES string of the molecule is CCOc1nc2ccccc2nc1N1CCC[C@@H](C(=O)Nc2cc(C)cc(C)c2)C1. The van der Waals surface area contributed by atoms with Crippen LogP contribution in [0.1, 0.15) is 30.9 Å². The molecule has 0 saturated carbocycles. The number of hydrogen-bond acceptors (Lipinski definition) is 5. The van der Waals surface area contributed by atoms with E-state index in [0.29, 0.717) is 19.0 Å². The van der Waals surface area contributed by atoms with Crippen LogP contribution in [0.2, 0.25) is 0 Å². The molecule has 2 heterocycles. The Balaban J connectivity index is 1.56. The zero-order valence-corrected chi connectivity index (χ0v) is 17.8. The van der Waals surface area contributed by atoms with Gasteiger partial charge in [-0.1, -0.05) is 18.2 Å². The van der Waals surface area contributed by atoms with Crippen LogP contribution >= 0.6 is 0 Å². The summed E-state index contributed by atoms with van der Waals surface area (Å²) >= 11 is 0. The van der Waals surface area contributed by atoms with Crippen LogP contribution < -0.4 is 15.0 Å². The topological polar surface area (TPSA) is 67.4 Å². The summed E-state index contributed by atoms with van der Waals surface area (Å²) in [6.07, 6.45) is 1.78. The number of aryl methyl sites for hydroxylation is 2. The molecule has 30 heavy (non-hydrogen) atoms. The summed E-state index contributed by atoms with van der Waals surface area (Å²) in [6, 6.07) is 13.9. The number of carbonyl (C=O) groups excluding carboxylic acids is 1. The van der Waals surface area contributed by atoms with Crippen LogP contribution in [0.15, 0.2) is 42.5 Å². The van der Waals surface area contributed by atoms with Gasteiger partial charge >= 0.3 is 0 Å². The van der Waals surface area contributed by atoms with Crippen molar-refractivity contribution in [3.05, 3.63) is 53.6 Å². The number of piperidine rings is 1. The lowest BCUT2D eigenvalue weighted by molar-refractivity contribution is -0.120. The Hall–Kier alpha value is -3.15. The summed E-state index contributed by atoms with van der Waals surface area (Å²) in [5.74, 6) is 1.20. The van der Waals surface area contributed by atoms with E-state index in [4.69, 9.17) is 9.72 Å². The van der Waals surface area contributed by atoms with Gasteiger partial charge in [-0.05, 0) is 69.0 Å². The Morgan fingerprint density at radius 3 is 2.53 bits per heavy atom. The third kappa shape index (κ3) is 4.37. The minimum atomic E-state index is -0.109. The molecular weight excluding hydrogens is 376 g/mol. The van der Waals surface area contributed by atoms with E-state index in [1.807, 2.05) is 57.2 Å². The molecule has 1 aliphatic heterocycles. The minimum absolute atomic E-state index is 0.0522. The Morgan fingerprint density at radius 1 is 1.13 bits per heavy atom. The quantitative estimate of drug-likeness (QED) is 0.678. The van der Waals surface area contributed by atoms with Gasteiger partial charge in [0.25, 0.3) is 5.88 Å². The van der Waals surface area contributed by atoms with Gasteiger partial charge in [0.2, 0.25) is 5.91 Å². The number of rotatable bonds is 5. The van der Waals surface area contributed by atoms with E-state index < -0.39 is 0 Å². The molecule has 4 rings (SSSR count). The van der Waals surface area contributed by atoms with Gasteiger partial charge in [-0.3, -0.25) is 4.79 Å². The van der Waals surface area contributed by atoms with Gasteiger partial charge in [0.1, 0.15) is 0 Å². The molecule has 1 N–H and O–H groups in total. The van der Waals surface area contributed by atoms with Crippen molar-refractivity contribution >= 4 is 28.4 Å². The van der Waals surface area contributed by atoms with Crippen LogP contribution in [-0.4, -0.2) is 35.6 Å². The van der Waals surface area contributed by atoms with E-state index >= 15 is 0 Å². The van der Waals surface area contributed by atoms with Gasteiger partial charge in [0, 0.05) is 18.8 Å². The zero-order valence-electron chi connectivity index (χ0n) is 17.8. The van der Waals surface area contributed by atoms with Crippen molar-refractivity contribution in [2.45, 2.75) is 33.6 Å². The summed E-state index contributed by atoms with van der Waals surface area (Å²) in [5, 5.41) is 3.10. The van der Waals surface area contributed by atoms with Gasteiger partial charge in [0.05, 0.1) is 23.6 Å². The second kappa shape index (κ2) is 8.69. The van der Waals surface area contributed by atoms with Crippen molar-refractivity contribution in [1.82, 2.24) is 9.97 Å². The molecular formula is C24H28N4O2. The summed E-state index contributed by atoms with van der Waals surface area (Å²) in [7, 11) is 0. The van der Waals surface area contributed by atoms with Crippen molar-refractivity contribution in [1.29, 1.82) is 0 Å². The lowest BCUT2D eigenvalue weighted by Gasteiger charge is -2.33. The first-order chi connectivity index (χ1) is 14.5. The highest BCUT2D eigenvalue weighted by Gasteiger charge is 2.29. The molecule has 6 heteroatoms. The number of para-hydroxylation sites is 2. The summed E-state index contributed by atoms with van der Waals surface area (Å²) in [5.41, 5.74) is 4.78. The molecule has 1 saturated heterocycles. The molecule has 156 valence electrons. The standard InChI is InChI=1S/C24H28N4O2/c1-4-30-24-22(26-20-9-5-6-10-21(20)27-24)28-11-7-8-18(15-28)23(29)25-19-13-16(2)12-17(3)14-19/h5-6,9-10,12-14,18H,4,7-8,11,15H2,1-3H3,(H,25,29)/t18-/m1/s1. The van der Waals surface area contributed by atoms with E-state index in [9.17, 15) is 4.79 Å². The predicted molar refractivity (Wildman–Crippen MR) is 120 cm³/mol. The van der Waals surface area contributed by atoms with Crippen LogP contribution in [0.25, 0.3) is 11.0 Å². The minimum Gasteiger partial charge on any atom is -0.475 e. The lowest BCUT2D eigenvalue weighted by Crippen LogP contribution is -2.41. The van der Waals surface area contributed by atoms with Crippen molar-refractivity contribution in [3.8, 4) is 5.88 Å². The molecule has 0 aliphatic carbocycles. The summed E-state index contributed by atoms with van der Waals surface area (Å²) in [6.45, 7) is 7.98. The Labute approximate surface area is 177 Å². The first-order valence-electron chi connectivity index (χ1n) is 10.6. The first-order valence-corrected chi connectivity index (χ1v) is 10.6. The van der Waals surface area contributed by atoms with Crippen LogP contribution in [0.4, 0.5) is 11.5 Å². The number of carbonyl (C=O) groups is 1. The number of aromatic nitrogens is 2. The molecule has 1 amide bonds. The van der Waals surface area contributed by atoms with Gasteiger partial charge in [0.15, 0.2) is 5.82 Å². The van der Waals surface area contributed by atoms with E-state index in [2.05, 4.69) is 21.3 Å². The number of ether oxygens (including phenoxy) is 1. The highest BCUT2D eigenvalue weighted by molar-refractivity contribution is 5.93. The van der Waals surface area contributed by atoms with Gasteiger partial charge in [-0.25, -0.2) is 9.97 Å². The number of hydrogen-bond donors (Lipinski definition) is 1. The highest BCUT2D eigenvalue weighted by atomic mass is 16.5. The molecule has 0 spiro atoms. The number of nitrogens with zero attached hydrogens (tertiary/aromatic N) is 3. The number of anilines is 2. The predicted octanol–water partition coefficient (Wildman–Crippen LogP) is 4.50. The maximum absolute atomic E-state index is 13.0. The molecule has 1 aliphatic rings. The smallest absolute Gasteiger partial charge is 0.258 e. The Morgan fingerprint density at radius 2 is 1.83 bits per heavy atom. The second-order valence-corrected chi connectivity index (χ2v) is 7.92. The zero-order chi connectivity index (χ0) is 21.1. The molecule has 1 fully saturated rings. The number of amides is 1. The molecule has 6 nitrogen and oxygen atoms in total. The average molecular weight is 405 g/mol.